The SMILES string of the molecule is O=C(CCCOCCc1ccccc1)Nc1cnc2ccccc2c1. The van der Waals surface area contributed by atoms with E-state index in [0.29, 0.717) is 26.1 Å². The zero-order valence-electron chi connectivity index (χ0n) is 14.2. The Morgan fingerprint density at radius 2 is 1.80 bits per heavy atom. The van der Waals surface area contributed by atoms with Crippen LogP contribution in [0.5, 0.6) is 0 Å². The summed E-state index contributed by atoms with van der Waals surface area (Å²) in [7, 11) is 0. The fourth-order valence-electron chi connectivity index (χ4n) is 2.63. The van der Waals surface area contributed by atoms with Crippen molar-refractivity contribution < 1.29 is 9.53 Å². The minimum Gasteiger partial charge on any atom is -0.381 e. The Morgan fingerprint density at radius 1 is 1.00 bits per heavy atom. The lowest BCUT2D eigenvalue weighted by molar-refractivity contribution is -0.116. The number of carbonyl (C=O) groups excluding carboxylic acids is 1. The molecule has 0 aliphatic carbocycles. The van der Waals surface area contributed by atoms with Crippen molar-refractivity contribution in [2.24, 2.45) is 0 Å². The van der Waals surface area contributed by atoms with Crippen molar-refractivity contribution in [2.45, 2.75) is 19.3 Å². The van der Waals surface area contributed by atoms with Gasteiger partial charge in [0.15, 0.2) is 0 Å². The average Bonchev–Trinajstić information content (AvgIpc) is 2.65. The Hall–Kier alpha value is -2.72. The summed E-state index contributed by atoms with van der Waals surface area (Å²) in [6.07, 6.45) is 3.74. The Morgan fingerprint density at radius 3 is 2.68 bits per heavy atom. The van der Waals surface area contributed by atoms with Gasteiger partial charge in [0.25, 0.3) is 0 Å². The van der Waals surface area contributed by atoms with E-state index in [-0.39, 0.29) is 5.91 Å². The first kappa shape index (κ1) is 17.1. The summed E-state index contributed by atoms with van der Waals surface area (Å²) in [5, 5.41) is 3.91. The molecule has 0 bridgehead atoms. The molecule has 4 nitrogen and oxygen atoms in total. The van der Waals surface area contributed by atoms with Gasteiger partial charge < -0.3 is 10.1 Å². The van der Waals surface area contributed by atoms with Crippen LogP contribution in [0.1, 0.15) is 18.4 Å². The topological polar surface area (TPSA) is 51.2 Å². The van der Waals surface area contributed by atoms with Gasteiger partial charge in [0.2, 0.25) is 5.91 Å². The van der Waals surface area contributed by atoms with Gasteiger partial charge in [0, 0.05) is 18.4 Å². The highest BCUT2D eigenvalue weighted by Crippen LogP contribution is 2.16. The van der Waals surface area contributed by atoms with Crippen molar-refractivity contribution >= 4 is 22.5 Å². The van der Waals surface area contributed by atoms with Crippen LogP contribution in [0.4, 0.5) is 5.69 Å². The molecule has 0 atom stereocenters. The standard InChI is InChI=1S/C21H22N2O2/c24-21(11-6-13-25-14-12-17-7-2-1-3-8-17)23-19-15-18-9-4-5-10-20(18)22-16-19/h1-5,7-10,15-16H,6,11-14H2,(H,23,24). The van der Waals surface area contributed by atoms with E-state index in [1.165, 1.54) is 5.56 Å². The smallest absolute Gasteiger partial charge is 0.224 e. The third-order valence-corrected chi connectivity index (χ3v) is 3.94. The van der Waals surface area contributed by atoms with E-state index in [0.717, 1.165) is 23.0 Å². The number of nitrogens with one attached hydrogen (secondary N) is 1. The Kier molecular flexibility index (Phi) is 6.12. The highest BCUT2D eigenvalue weighted by molar-refractivity contribution is 5.93. The molecule has 0 unspecified atom stereocenters. The number of aromatic nitrogens is 1. The molecule has 2 aromatic carbocycles. The van der Waals surface area contributed by atoms with Crippen LogP contribution in [0.25, 0.3) is 10.9 Å². The molecule has 0 radical (unpaired) electrons. The van der Waals surface area contributed by atoms with E-state index in [1.54, 1.807) is 6.20 Å². The van der Waals surface area contributed by atoms with Crippen LogP contribution in [0.2, 0.25) is 0 Å². The number of amides is 1. The van der Waals surface area contributed by atoms with Gasteiger partial charge in [-0.05, 0) is 30.5 Å². The van der Waals surface area contributed by atoms with Crippen LogP contribution in [0.15, 0.2) is 66.9 Å². The predicted octanol–water partition coefficient (Wildman–Crippen LogP) is 4.21. The van der Waals surface area contributed by atoms with E-state index < -0.39 is 0 Å². The minimum absolute atomic E-state index is 0.0104. The van der Waals surface area contributed by atoms with Crippen molar-refractivity contribution in [2.75, 3.05) is 18.5 Å². The Bertz CT molecular complexity index is 818. The van der Waals surface area contributed by atoms with Crippen molar-refractivity contribution in [3.63, 3.8) is 0 Å². The average molecular weight is 334 g/mol. The normalized spacial score (nSPS) is 10.7. The molecule has 0 spiro atoms. The highest BCUT2D eigenvalue weighted by atomic mass is 16.5. The lowest BCUT2D eigenvalue weighted by atomic mass is 10.2. The maximum atomic E-state index is 12.0. The summed E-state index contributed by atoms with van der Waals surface area (Å²) in [5.74, 6) is -0.0104. The zero-order chi connectivity index (χ0) is 17.3. The molecule has 0 fully saturated rings. The first-order chi connectivity index (χ1) is 12.3. The van der Waals surface area contributed by atoms with E-state index in [2.05, 4.69) is 22.4 Å². The third kappa shape index (κ3) is 5.40. The number of ether oxygens (including phenoxy) is 1. The second-order valence-electron chi connectivity index (χ2n) is 5.92. The van der Waals surface area contributed by atoms with Gasteiger partial charge in [0.05, 0.1) is 24.0 Å². The number of hydrogen-bond acceptors (Lipinski definition) is 3. The minimum atomic E-state index is -0.0104. The van der Waals surface area contributed by atoms with Gasteiger partial charge in [-0.2, -0.15) is 0 Å². The molecule has 3 rings (SSSR count). The van der Waals surface area contributed by atoms with Crippen LogP contribution in [0, 0.1) is 0 Å². The zero-order valence-corrected chi connectivity index (χ0v) is 14.2. The first-order valence-corrected chi connectivity index (χ1v) is 8.57. The van der Waals surface area contributed by atoms with Gasteiger partial charge in [-0.1, -0.05) is 48.5 Å². The number of hydrogen-bond donors (Lipinski definition) is 1. The van der Waals surface area contributed by atoms with Crippen molar-refractivity contribution in [1.82, 2.24) is 4.98 Å². The fraction of sp³-hybridized carbons (Fsp3) is 0.238. The molecule has 128 valence electrons. The number of carbonyl (C=O) groups is 1. The van der Waals surface area contributed by atoms with E-state index in [9.17, 15) is 4.79 Å². The number of pyridine rings is 1. The maximum Gasteiger partial charge on any atom is 0.224 e. The highest BCUT2D eigenvalue weighted by Gasteiger charge is 2.04. The second kappa shape index (κ2) is 8.94. The molecule has 0 aliphatic rings. The van der Waals surface area contributed by atoms with Gasteiger partial charge in [-0.25, -0.2) is 0 Å². The van der Waals surface area contributed by atoms with Gasteiger partial charge >= 0.3 is 0 Å². The number of benzene rings is 2. The summed E-state index contributed by atoms with van der Waals surface area (Å²) >= 11 is 0. The molecule has 3 aromatic rings. The molecule has 0 aliphatic heterocycles. The summed E-state index contributed by atoms with van der Waals surface area (Å²) in [4.78, 5) is 16.4. The van der Waals surface area contributed by atoms with Crippen molar-refractivity contribution in [3.8, 4) is 0 Å². The molecule has 0 saturated carbocycles. The number of rotatable bonds is 8. The van der Waals surface area contributed by atoms with E-state index in [1.807, 2.05) is 48.5 Å². The fourth-order valence-corrected chi connectivity index (χ4v) is 2.63. The van der Waals surface area contributed by atoms with Crippen LogP contribution in [-0.4, -0.2) is 24.1 Å². The number of para-hydroxylation sites is 1. The van der Waals surface area contributed by atoms with Gasteiger partial charge in [0.1, 0.15) is 0 Å². The lowest BCUT2D eigenvalue weighted by Gasteiger charge is -2.07. The monoisotopic (exact) mass is 334 g/mol. The first-order valence-electron chi connectivity index (χ1n) is 8.57. The maximum absolute atomic E-state index is 12.0. The second-order valence-corrected chi connectivity index (χ2v) is 5.92. The third-order valence-electron chi connectivity index (χ3n) is 3.94. The summed E-state index contributed by atoms with van der Waals surface area (Å²) in [6.45, 7) is 1.27. The molecule has 1 N–H and O–H groups in total. The summed E-state index contributed by atoms with van der Waals surface area (Å²) in [6, 6.07) is 20.0. The molecular weight excluding hydrogens is 312 g/mol. The van der Waals surface area contributed by atoms with Gasteiger partial charge in [-0.3, -0.25) is 9.78 Å². The van der Waals surface area contributed by atoms with Gasteiger partial charge in [-0.15, -0.1) is 0 Å². The number of fused-ring (bicyclic) bond motifs is 1. The largest absolute Gasteiger partial charge is 0.381 e. The van der Waals surface area contributed by atoms with E-state index in [4.69, 9.17) is 4.74 Å². The summed E-state index contributed by atoms with van der Waals surface area (Å²) < 4.78 is 5.60. The molecule has 25 heavy (non-hydrogen) atoms. The quantitative estimate of drug-likeness (QED) is 0.628. The lowest BCUT2D eigenvalue weighted by Crippen LogP contribution is -2.12. The molecule has 1 amide bonds. The molecular formula is C21H22N2O2. The Balaban J connectivity index is 1.35. The Labute approximate surface area is 147 Å². The molecule has 1 heterocycles. The molecule has 0 saturated heterocycles. The number of anilines is 1. The molecule has 1 aromatic heterocycles. The molecule has 4 heteroatoms. The van der Waals surface area contributed by atoms with Crippen LogP contribution in [-0.2, 0) is 16.0 Å². The van der Waals surface area contributed by atoms with Crippen molar-refractivity contribution in [1.29, 1.82) is 0 Å². The van der Waals surface area contributed by atoms with Crippen LogP contribution >= 0.6 is 0 Å². The van der Waals surface area contributed by atoms with Crippen molar-refractivity contribution in [3.05, 3.63) is 72.4 Å². The van der Waals surface area contributed by atoms with Crippen LogP contribution < -0.4 is 5.32 Å². The van der Waals surface area contributed by atoms with Crippen LogP contribution in [0.3, 0.4) is 0 Å². The predicted molar refractivity (Wildman–Crippen MR) is 101 cm³/mol. The number of nitrogens with zero attached hydrogens (tertiary/aromatic N) is 1. The van der Waals surface area contributed by atoms with E-state index >= 15 is 0 Å². The summed E-state index contributed by atoms with van der Waals surface area (Å²) in [5.41, 5.74) is 2.92.